The monoisotopic (exact) mass is 204 g/mol. The predicted molar refractivity (Wildman–Crippen MR) is 54.1 cm³/mol. The summed E-state index contributed by atoms with van der Waals surface area (Å²) < 4.78 is 5.17. The summed E-state index contributed by atoms with van der Waals surface area (Å²) in [6, 6.07) is 2.01. The summed E-state index contributed by atoms with van der Waals surface area (Å²) in [6.07, 6.45) is 4.02. The van der Waals surface area contributed by atoms with Gasteiger partial charge < -0.3 is 4.42 Å². The molecule has 0 aliphatic carbocycles. The third kappa shape index (κ3) is 3.11. The van der Waals surface area contributed by atoms with E-state index >= 15 is 0 Å². The zero-order chi connectivity index (χ0) is 8.81. The Morgan fingerprint density at radius 3 is 2.92 bits per heavy atom. The maximum Gasteiger partial charge on any atom is 0.114 e. The summed E-state index contributed by atoms with van der Waals surface area (Å²) in [5, 5.41) is 0. The Hall–Kier alpha value is -0.0800. The van der Waals surface area contributed by atoms with Crippen molar-refractivity contribution >= 4 is 23.4 Å². The third-order valence-corrected chi connectivity index (χ3v) is 3.09. The van der Waals surface area contributed by atoms with E-state index in [0.29, 0.717) is 0 Å². The first kappa shape index (κ1) is 10.0. The first-order valence-corrected chi connectivity index (χ1v) is 5.59. The normalized spacial score (nSPS) is 10.5. The zero-order valence-electron chi connectivity index (χ0n) is 7.18. The van der Waals surface area contributed by atoms with Crippen LogP contribution in [0.3, 0.4) is 0 Å². The van der Waals surface area contributed by atoms with Crippen molar-refractivity contribution in [1.82, 2.24) is 0 Å². The van der Waals surface area contributed by atoms with Gasteiger partial charge in [0.2, 0.25) is 0 Å². The van der Waals surface area contributed by atoms with Gasteiger partial charge in [0.05, 0.1) is 6.26 Å². The molecule has 0 bridgehead atoms. The molecule has 0 aromatic carbocycles. The molecule has 3 heteroatoms. The number of aryl methyl sites for hydroxylation is 1. The Labute approximate surface area is 82.5 Å². The third-order valence-electron chi connectivity index (χ3n) is 1.60. The van der Waals surface area contributed by atoms with Crippen molar-refractivity contribution in [2.75, 3.05) is 11.6 Å². The molecule has 12 heavy (non-hydrogen) atoms. The van der Waals surface area contributed by atoms with E-state index in [-0.39, 0.29) is 0 Å². The van der Waals surface area contributed by atoms with E-state index in [0.717, 1.165) is 23.8 Å². The average molecular weight is 205 g/mol. The topological polar surface area (TPSA) is 13.1 Å². The van der Waals surface area contributed by atoms with E-state index in [1.165, 1.54) is 11.3 Å². The Morgan fingerprint density at radius 1 is 1.50 bits per heavy atom. The molecule has 0 saturated heterocycles. The van der Waals surface area contributed by atoms with Crippen LogP contribution in [0.4, 0.5) is 0 Å². The van der Waals surface area contributed by atoms with Crippen LogP contribution >= 0.6 is 23.4 Å². The van der Waals surface area contributed by atoms with Gasteiger partial charge in [-0.2, -0.15) is 0 Å². The minimum Gasteiger partial charge on any atom is -0.468 e. The lowest BCUT2D eigenvalue weighted by Crippen LogP contribution is -1.81. The lowest BCUT2D eigenvalue weighted by molar-refractivity contribution is 0.527. The van der Waals surface area contributed by atoms with Crippen LogP contribution in [0.1, 0.15) is 18.6 Å². The molecular weight excluding hydrogens is 192 g/mol. The van der Waals surface area contributed by atoms with Crippen LogP contribution in [0, 0.1) is 6.92 Å². The van der Waals surface area contributed by atoms with Gasteiger partial charge in [-0.3, -0.25) is 0 Å². The zero-order valence-corrected chi connectivity index (χ0v) is 8.75. The summed E-state index contributed by atoms with van der Waals surface area (Å²) in [6.45, 7) is 1.99. The molecule has 68 valence electrons. The molecule has 0 aliphatic rings. The molecule has 0 spiro atoms. The van der Waals surface area contributed by atoms with Gasteiger partial charge in [-0.05, 0) is 31.6 Å². The van der Waals surface area contributed by atoms with Gasteiger partial charge >= 0.3 is 0 Å². The maximum absolute atomic E-state index is 5.57. The Balaban J connectivity index is 2.20. The predicted octanol–water partition coefficient (Wildman–Crippen LogP) is 3.70. The van der Waals surface area contributed by atoms with Gasteiger partial charge in [-0.1, -0.05) is 0 Å². The van der Waals surface area contributed by atoms with Crippen molar-refractivity contribution in [3.8, 4) is 0 Å². The second-order valence-corrected chi connectivity index (χ2v) is 4.10. The highest BCUT2D eigenvalue weighted by Gasteiger charge is 2.00. The summed E-state index contributed by atoms with van der Waals surface area (Å²) in [7, 11) is 0. The van der Waals surface area contributed by atoms with E-state index in [1.807, 2.05) is 24.8 Å². The molecule has 1 aromatic rings. The number of hydrogen-bond acceptors (Lipinski definition) is 2. The summed E-state index contributed by atoms with van der Waals surface area (Å²) >= 11 is 7.41. The van der Waals surface area contributed by atoms with Crippen LogP contribution in [0.2, 0.25) is 0 Å². The van der Waals surface area contributed by atoms with Gasteiger partial charge in [-0.15, -0.1) is 23.4 Å². The SMILES string of the molecule is Cc1occc1SCCCCCl. The van der Waals surface area contributed by atoms with E-state index < -0.39 is 0 Å². The molecule has 1 nitrogen and oxygen atoms in total. The summed E-state index contributed by atoms with van der Waals surface area (Å²) in [5.74, 6) is 2.92. The van der Waals surface area contributed by atoms with Crippen molar-refractivity contribution in [3.05, 3.63) is 18.1 Å². The van der Waals surface area contributed by atoms with E-state index in [1.54, 1.807) is 6.26 Å². The van der Waals surface area contributed by atoms with E-state index in [2.05, 4.69) is 0 Å². The van der Waals surface area contributed by atoms with Crippen LogP contribution in [0.5, 0.6) is 0 Å². The van der Waals surface area contributed by atoms with Crippen LogP contribution in [-0.2, 0) is 0 Å². The van der Waals surface area contributed by atoms with E-state index in [9.17, 15) is 0 Å². The first-order valence-electron chi connectivity index (χ1n) is 4.07. The number of alkyl halides is 1. The number of thioether (sulfide) groups is 1. The van der Waals surface area contributed by atoms with Crippen molar-refractivity contribution in [2.45, 2.75) is 24.7 Å². The Kier molecular flexibility index (Phi) is 4.62. The fourth-order valence-corrected chi connectivity index (χ4v) is 2.06. The minimum atomic E-state index is 0.769. The summed E-state index contributed by atoms with van der Waals surface area (Å²) in [5.41, 5.74) is 0. The lowest BCUT2D eigenvalue weighted by Gasteiger charge is -1.97. The van der Waals surface area contributed by atoms with Gasteiger partial charge in [0.15, 0.2) is 0 Å². The highest BCUT2D eigenvalue weighted by atomic mass is 35.5. The molecule has 0 fully saturated rings. The molecule has 0 unspecified atom stereocenters. The molecule has 1 heterocycles. The summed E-state index contributed by atoms with van der Waals surface area (Å²) in [4.78, 5) is 1.25. The average Bonchev–Trinajstić information content (AvgIpc) is 2.46. The molecule has 0 atom stereocenters. The van der Waals surface area contributed by atoms with Crippen LogP contribution < -0.4 is 0 Å². The van der Waals surface area contributed by atoms with Gasteiger partial charge in [0, 0.05) is 10.8 Å². The molecule has 0 saturated carbocycles. The van der Waals surface area contributed by atoms with E-state index in [4.69, 9.17) is 16.0 Å². The van der Waals surface area contributed by atoms with Crippen molar-refractivity contribution in [1.29, 1.82) is 0 Å². The molecule has 0 amide bonds. The molecule has 0 N–H and O–H groups in total. The standard InChI is InChI=1S/C9H13ClOS/c1-8-9(4-6-11-8)12-7-3-2-5-10/h4,6H,2-3,5,7H2,1H3. The van der Waals surface area contributed by atoms with Gasteiger partial charge in [0.25, 0.3) is 0 Å². The smallest absolute Gasteiger partial charge is 0.114 e. The Bertz CT molecular complexity index is 222. The first-order chi connectivity index (χ1) is 5.84. The largest absolute Gasteiger partial charge is 0.468 e. The second kappa shape index (κ2) is 5.55. The fraction of sp³-hybridized carbons (Fsp3) is 0.556. The van der Waals surface area contributed by atoms with Crippen molar-refractivity contribution in [2.24, 2.45) is 0 Å². The van der Waals surface area contributed by atoms with Crippen molar-refractivity contribution in [3.63, 3.8) is 0 Å². The number of furan rings is 1. The van der Waals surface area contributed by atoms with Crippen LogP contribution in [0.25, 0.3) is 0 Å². The number of halogens is 1. The molecule has 1 rings (SSSR count). The second-order valence-electron chi connectivity index (χ2n) is 2.59. The highest BCUT2D eigenvalue weighted by molar-refractivity contribution is 7.99. The maximum atomic E-state index is 5.57. The number of rotatable bonds is 5. The van der Waals surface area contributed by atoms with Gasteiger partial charge in [-0.25, -0.2) is 0 Å². The van der Waals surface area contributed by atoms with Gasteiger partial charge in [0.1, 0.15) is 5.76 Å². The molecule has 0 aliphatic heterocycles. The van der Waals surface area contributed by atoms with Crippen LogP contribution in [0.15, 0.2) is 21.6 Å². The molecule has 1 aromatic heterocycles. The minimum absolute atomic E-state index is 0.769. The highest BCUT2D eigenvalue weighted by Crippen LogP contribution is 2.23. The number of unbranched alkanes of at least 4 members (excludes halogenated alkanes) is 1. The van der Waals surface area contributed by atoms with Crippen molar-refractivity contribution < 1.29 is 4.42 Å². The molecule has 0 radical (unpaired) electrons. The Morgan fingerprint density at radius 2 is 2.33 bits per heavy atom. The quantitative estimate of drug-likeness (QED) is 0.412. The molecular formula is C9H13ClOS. The fourth-order valence-electron chi connectivity index (χ4n) is 0.902. The number of hydrogen-bond donors (Lipinski definition) is 0. The lowest BCUT2D eigenvalue weighted by atomic mass is 10.4. The van der Waals surface area contributed by atoms with Crippen LogP contribution in [-0.4, -0.2) is 11.6 Å².